The summed E-state index contributed by atoms with van der Waals surface area (Å²) in [5, 5.41) is 29.6. The molecular formula is C16H15F3O7. The van der Waals surface area contributed by atoms with Gasteiger partial charge in [0.15, 0.2) is 6.10 Å². The Morgan fingerprint density at radius 3 is 2.42 bits per heavy atom. The lowest BCUT2D eigenvalue weighted by molar-refractivity contribution is -0.339. The molecule has 5 atom stereocenters. The monoisotopic (exact) mass is 376 g/mol. The van der Waals surface area contributed by atoms with E-state index in [0.717, 1.165) is 0 Å². The smallest absolute Gasteiger partial charge is 0.417 e. The summed E-state index contributed by atoms with van der Waals surface area (Å²) in [5.41, 5.74) is 0.148. The molecule has 3 rings (SSSR count). The van der Waals surface area contributed by atoms with Crippen LogP contribution in [0.25, 0.3) is 11.0 Å². The highest BCUT2D eigenvalue weighted by atomic mass is 19.4. The molecular weight excluding hydrogens is 361 g/mol. The van der Waals surface area contributed by atoms with Gasteiger partial charge in [0.05, 0.1) is 0 Å². The zero-order valence-corrected chi connectivity index (χ0v) is 13.3. The maximum Gasteiger partial charge on any atom is 0.417 e. The van der Waals surface area contributed by atoms with Crippen LogP contribution in [0.15, 0.2) is 33.5 Å². The number of rotatable bonds is 2. The molecule has 0 unspecified atom stereocenters. The Morgan fingerprint density at radius 1 is 1.08 bits per heavy atom. The summed E-state index contributed by atoms with van der Waals surface area (Å²) in [5.74, 6) is -0.0557. The zero-order chi connectivity index (χ0) is 19.2. The molecule has 142 valence electrons. The van der Waals surface area contributed by atoms with Crippen molar-refractivity contribution in [3.05, 3.63) is 40.2 Å². The molecule has 1 aliphatic rings. The minimum absolute atomic E-state index is 0.0557. The fraction of sp³-hybridized carbons (Fsp3) is 0.438. The van der Waals surface area contributed by atoms with Gasteiger partial charge in [-0.15, -0.1) is 0 Å². The minimum atomic E-state index is -4.98. The highest BCUT2D eigenvalue weighted by molar-refractivity contribution is 5.81. The van der Waals surface area contributed by atoms with Gasteiger partial charge in [-0.3, -0.25) is 0 Å². The van der Waals surface area contributed by atoms with Gasteiger partial charge in [0.25, 0.3) is 0 Å². The highest BCUT2D eigenvalue weighted by Gasteiger charge is 2.56. The highest BCUT2D eigenvalue weighted by Crippen LogP contribution is 2.34. The van der Waals surface area contributed by atoms with E-state index in [-0.39, 0.29) is 11.3 Å². The van der Waals surface area contributed by atoms with Crippen LogP contribution >= 0.6 is 0 Å². The number of aliphatic hydroxyl groups is 3. The van der Waals surface area contributed by atoms with Gasteiger partial charge in [-0.1, -0.05) is 0 Å². The maximum atomic E-state index is 12.9. The number of halogens is 3. The Morgan fingerprint density at radius 2 is 1.77 bits per heavy atom. The van der Waals surface area contributed by atoms with Crippen molar-refractivity contribution in [2.75, 3.05) is 0 Å². The van der Waals surface area contributed by atoms with Gasteiger partial charge in [-0.25, -0.2) is 4.79 Å². The number of hydrogen-bond acceptors (Lipinski definition) is 7. The van der Waals surface area contributed by atoms with E-state index in [0.29, 0.717) is 10.9 Å². The first kappa shape index (κ1) is 18.6. The third-order valence-electron chi connectivity index (χ3n) is 4.07. The van der Waals surface area contributed by atoms with Crippen LogP contribution in [0, 0.1) is 6.92 Å². The summed E-state index contributed by atoms with van der Waals surface area (Å²) >= 11 is 0. The molecule has 10 heteroatoms. The van der Waals surface area contributed by atoms with Crippen LogP contribution in [-0.4, -0.2) is 52.2 Å². The molecule has 0 amide bonds. The Bertz CT molecular complexity index is 863. The van der Waals surface area contributed by atoms with E-state index >= 15 is 0 Å². The van der Waals surface area contributed by atoms with Crippen LogP contribution in [0.4, 0.5) is 13.2 Å². The van der Waals surface area contributed by atoms with Crippen molar-refractivity contribution < 1.29 is 42.4 Å². The van der Waals surface area contributed by atoms with E-state index in [1.165, 1.54) is 24.3 Å². The first-order valence-corrected chi connectivity index (χ1v) is 7.55. The first-order chi connectivity index (χ1) is 12.1. The van der Waals surface area contributed by atoms with E-state index in [1.54, 1.807) is 6.92 Å². The van der Waals surface area contributed by atoms with Crippen molar-refractivity contribution in [2.24, 2.45) is 0 Å². The lowest BCUT2D eigenvalue weighted by atomic mass is 9.98. The Kier molecular flexibility index (Phi) is 4.69. The fourth-order valence-electron chi connectivity index (χ4n) is 2.73. The van der Waals surface area contributed by atoms with Gasteiger partial charge in [-0.05, 0) is 24.6 Å². The van der Waals surface area contributed by atoms with Crippen LogP contribution in [0.3, 0.4) is 0 Å². The molecule has 1 aromatic heterocycles. The quantitative estimate of drug-likeness (QED) is 0.667. The molecule has 1 aromatic carbocycles. The van der Waals surface area contributed by atoms with Crippen molar-refractivity contribution in [2.45, 2.75) is 43.8 Å². The summed E-state index contributed by atoms with van der Waals surface area (Å²) in [6.45, 7) is 1.68. The van der Waals surface area contributed by atoms with E-state index < -0.39 is 42.5 Å². The standard InChI is InChI=1S/C16H15F3O7/c1-6-4-10(20)25-9-5-7(2-3-8(6)9)24-15-13(23)11(21)12(22)14(26-15)16(17,18)19/h2-5,11-15,21-23H,1H3/t11-,12+,13+,14-,15-/m1/s1. The van der Waals surface area contributed by atoms with Crippen LogP contribution in [0.2, 0.25) is 0 Å². The van der Waals surface area contributed by atoms with E-state index in [9.17, 15) is 33.3 Å². The molecule has 1 fully saturated rings. The SMILES string of the molecule is Cc1cc(=O)oc2cc(O[C@@H]3O[C@@H](C(F)(F)F)[C@@H](O)[C@@H](O)[C@@H]3O)ccc12. The van der Waals surface area contributed by atoms with E-state index in [4.69, 9.17) is 9.15 Å². The van der Waals surface area contributed by atoms with Crippen molar-refractivity contribution in [1.82, 2.24) is 0 Å². The molecule has 2 heterocycles. The van der Waals surface area contributed by atoms with Gasteiger partial charge in [0, 0.05) is 17.5 Å². The lowest BCUT2D eigenvalue weighted by Crippen LogP contribution is -2.62. The summed E-state index contributed by atoms with van der Waals surface area (Å²) in [6, 6.07) is 5.43. The molecule has 2 aromatic rings. The molecule has 26 heavy (non-hydrogen) atoms. The predicted molar refractivity (Wildman–Crippen MR) is 80.6 cm³/mol. The molecule has 0 aliphatic carbocycles. The zero-order valence-electron chi connectivity index (χ0n) is 13.3. The van der Waals surface area contributed by atoms with Crippen molar-refractivity contribution in [3.8, 4) is 5.75 Å². The van der Waals surface area contributed by atoms with Gasteiger partial charge >= 0.3 is 11.8 Å². The molecule has 0 bridgehead atoms. The Labute approximate surface area is 144 Å². The second-order valence-corrected chi connectivity index (χ2v) is 5.96. The second kappa shape index (κ2) is 6.54. The largest absolute Gasteiger partial charge is 0.462 e. The number of aliphatic hydroxyl groups excluding tert-OH is 3. The molecule has 7 nitrogen and oxygen atoms in total. The van der Waals surface area contributed by atoms with Crippen LogP contribution in [0.1, 0.15) is 5.56 Å². The predicted octanol–water partition coefficient (Wildman–Crippen LogP) is 0.850. The van der Waals surface area contributed by atoms with Gasteiger partial charge < -0.3 is 29.2 Å². The number of benzene rings is 1. The topological polar surface area (TPSA) is 109 Å². The summed E-state index contributed by atoms with van der Waals surface area (Å²) < 4.78 is 53.6. The van der Waals surface area contributed by atoms with E-state index in [1.807, 2.05) is 0 Å². The molecule has 0 saturated carbocycles. The van der Waals surface area contributed by atoms with Gasteiger partial charge in [0.1, 0.15) is 29.6 Å². The van der Waals surface area contributed by atoms with Crippen LogP contribution in [0.5, 0.6) is 5.75 Å². The molecule has 1 aliphatic heterocycles. The van der Waals surface area contributed by atoms with Gasteiger partial charge in [-0.2, -0.15) is 13.2 Å². The number of ether oxygens (including phenoxy) is 2. The van der Waals surface area contributed by atoms with Crippen molar-refractivity contribution in [3.63, 3.8) is 0 Å². The summed E-state index contributed by atoms with van der Waals surface area (Å²) in [6.07, 6.45) is -16.0. The normalized spacial score (nSPS) is 29.7. The number of fused-ring (bicyclic) bond motifs is 1. The molecule has 1 saturated heterocycles. The lowest BCUT2D eigenvalue weighted by Gasteiger charge is -2.40. The third-order valence-corrected chi connectivity index (χ3v) is 4.07. The molecule has 0 radical (unpaired) electrons. The number of alkyl halides is 3. The maximum absolute atomic E-state index is 12.9. The van der Waals surface area contributed by atoms with E-state index in [2.05, 4.69) is 4.74 Å². The van der Waals surface area contributed by atoms with Crippen molar-refractivity contribution in [1.29, 1.82) is 0 Å². The molecule has 0 spiro atoms. The minimum Gasteiger partial charge on any atom is -0.462 e. The summed E-state index contributed by atoms with van der Waals surface area (Å²) in [7, 11) is 0. The fourth-order valence-corrected chi connectivity index (χ4v) is 2.73. The number of aryl methyl sites for hydroxylation is 1. The van der Waals surface area contributed by atoms with Gasteiger partial charge in [0.2, 0.25) is 6.29 Å². The average Bonchev–Trinajstić information content (AvgIpc) is 2.53. The third kappa shape index (κ3) is 3.40. The van der Waals surface area contributed by atoms with Crippen molar-refractivity contribution >= 4 is 11.0 Å². The first-order valence-electron chi connectivity index (χ1n) is 7.55. The Hall–Kier alpha value is -2.14. The summed E-state index contributed by atoms with van der Waals surface area (Å²) in [4.78, 5) is 11.4. The average molecular weight is 376 g/mol. The van der Waals surface area contributed by atoms with Crippen LogP contribution < -0.4 is 10.4 Å². The second-order valence-electron chi connectivity index (χ2n) is 5.96. The molecule has 3 N–H and O–H groups in total. The number of hydrogen-bond donors (Lipinski definition) is 3. The Balaban J connectivity index is 1.89. The van der Waals surface area contributed by atoms with Crippen LogP contribution in [-0.2, 0) is 4.74 Å².